The van der Waals surface area contributed by atoms with E-state index in [1.807, 2.05) is 0 Å². The van der Waals surface area contributed by atoms with Crippen LogP contribution in [0.25, 0.3) is 0 Å². The van der Waals surface area contributed by atoms with Crippen LogP contribution in [-0.4, -0.2) is 30.8 Å². The average Bonchev–Trinajstić information content (AvgIpc) is 3.29. The van der Waals surface area contributed by atoms with E-state index in [0.717, 1.165) is 18.4 Å². The lowest BCUT2D eigenvalue weighted by Crippen LogP contribution is -2.35. The van der Waals surface area contributed by atoms with Gasteiger partial charge in [-0.3, -0.25) is 4.79 Å². The Kier molecular flexibility index (Phi) is 4.65. The molecule has 1 saturated carbocycles. The van der Waals surface area contributed by atoms with Crippen LogP contribution in [-0.2, 0) is 16.1 Å². The summed E-state index contributed by atoms with van der Waals surface area (Å²) in [7, 11) is -1.12. The Morgan fingerprint density at radius 1 is 1.40 bits per heavy atom. The summed E-state index contributed by atoms with van der Waals surface area (Å²) in [5.41, 5.74) is 4.72. The number of anilines is 1. The van der Waals surface area contributed by atoms with E-state index in [0.29, 0.717) is 5.46 Å². The molecule has 1 fully saturated rings. The van der Waals surface area contributed by atoms with Crippen LogP contribution in [0.5, 0.6) is 0 Å². The van der Waals surface area contributed by atoms with Gasteiger partial charge in [0.1, 0.15) is 11.4 Å². The van der Waals surface area contributed by atoms with Gasteiger partial charge in [-0.05, 0) is 41.9 Å². The van der Waals surface area contributed by atoms with E-state index < -0.39 is 30.6 Å². The van der Waals surface area contributed by atoms with E-state index in [-0.39, 0.29) is 24.8 Å². The first-order valence-corrected chi connectivity index (χ1v) is 7.80. The first-order valence-electron chi connectivity index (χ1n) is 7.80. The summed E-state index contributed by atoms with van der Waals surface area (Å²) in [4.78, 5) is 12.1. The van der Waals surface area contributed by atoms with Gasteiger partial charge in [0.25, 0.3) is 5.91 Å². The Labute approximate surface area is 142 Å². The number of nitrogens with one attached hydrogen (secondary N) is 2. The summed E-state index contributed by atoms with van der Waals surface area (Å²) in [5, 5.41) is 14.2. The number of alkyl halides is 3. The van der Waals surface area contributed by atoms with Gasteiger partial charge in [-0.1, -0.05) is 6.07 Å². The monoisotopic (exact) mass is 355 g/mol. The molecule has 2 aliphatic rings. The zero-order valence-corrected chi connectivity index (χ0v) is 13.2. The molecular weight excluding hydrogens is 338 g/mol. The molecule has 0 bridgehead atoms. The maximum absolute atomic E-state index is 13.1. The van der Waals surface area contributed by atoms with Crippen LogP contribution in [0.15, 0.2) is 29.6 Å². The second kappa shape index (κ2) is 6.60. The van der Waals surface area contributed by atoms with Crippen molar-refractivity contribution < 1.29 is 27.6 Å². The number of fused-ring (bicyclic) bond motifs is 1. The van der Waals surface area contributed by atoms with Gasteiger partial charge in [0, 0.05) is 12.2 Å². The molecule has 1 aromatic rings. The standard InChI is InChI=1S/C15H17BF3N3O3/c17-15(18,19)13(21-6-8-1-2-8)12(20)14(23)22-10-4-3-9-7-25-16(24)11(9)5-10/h3-5,8,21,24H,1-2,6-7,20H2,(H,22,23)/b13-12-. The summed E-state index contributed by atoms with van der Waals surface area (Å²) in [6, 6.07) is 4.58. The van der Waals surface area contributed by atoms with Crippen molar-refractivity contribution in [2.24, 2.45) is 11.7 Å². The molecule has 25 heavy (non-hydrogen) atoms. The molecule has 0 saturated heterocycles. The van der Waals surface area contributed by atoms with E-state index in [9.17, 15) is 23.0 Å². The molecule has 0 unspecified atom stereocenters. The summed E-state index contributed by atoms with van der Waals surface area (Å²) >= 11 is 0. The fourth-order valence-electron chi connectivity index (χ4n) is 2.52. The highest BCUT2D eigenvalue weighted by Gasteiger charge is 2.39. The molecule has 0 spiro atoms. The van der Waals surface area contributed by atoms with Crippen molar-refractivity contribution in [2.75, 3.05) is 11.9 Å². The highest BCUT2D eigenvalue weighted by Crippen LogP contribution is 2.30. The third-order valence-electron chi connectivity index (χ3n) is 4.13. The number of amides is 1. The van der Waals surface area contributed by atoms with E-state index in [1.54, 1.807) is 6.07 Å². The van der Waals surface area contributed by atoms with Crippen LogP contribution in [0.4, 0.5) is 18.9 Å². The largest absolute Gasteiger partial charge is 0.491 e. The highest BCUT2D eigenvalue weighted by molar-refractivity contribution is 6.61. The van der Waals surface area contributed by atoms with Crippen molar-refractivity contribution in [1.29, 1.82) is 0 Å². The second-order valence-corrected chi connectivity index (χ2v) is 6.14. The molecule has 5 N–H and O–H groups in total. The topological polar surface area (TPSA) is 96.6 Å². The summed E-state index contributed by atoms with van der Waals surface area (Å²) in [5.74, 6) is -0.879. The third-order valence-corrected chi connectivity index (χ3v) is 4.13. The van der Waals surface area contributed by atoms with Crippen molar-refractivity contribution in [3.05, 3.63) is 35.2 Å². The molecule has 0 radical (unpaired) electrons. The maximum Gasteiger partial charge on any atom is 0.491 e. The van der Waals surface area contributed by atoms with Crippen LogP contribution in [0.3, 0.4) is 0 Å². The van der Waals surface area contributed by atoms with Crippen LogP contribution < -0.4 is 21.8 Å². The molecule has 1 heterocycles. The number of carbonyl (C=O) groups excluding carboxylic acids is 1. The number of benzene rings is 1. The minimum Gasteiger partial charge on any atom is -0.423 e. The predicted octanol–water partition coefficient (Wildman–Crippen LogP) is 0.575. The molecular formula is C15H17BF3N3O3. The first kappa shape index (κ1) is 17.6. The number of allylic oxidation sites excluding steroid dienone is 1. The zero-order valence-electron chi connectivity index (χ0n) is 13.2. The van der Waals surface area contributed by atoms with Gasteiger partial charge in [-0.25, -0.2) is 0 Å². The summed E-state index contributed by atoms with van der Waals surface area (Å²) < 4.78 is 44.4. The lowest BCUT2D eigenvalue weighted by atomic mass is 9.79. The smallest absolute Gasteiger partial charge is 0.423 e. The van der Waals surface area contributed by atoms with Crippen molar-refractivity contribution in [2.45, 2.75) is 25.6 Å². The number of rotatable bonds is 5. The number of halogens is 3. The number of nitrogens with two attached hydrogens (primary N) is 1. The summed E-state index contributed by atoms with van der Waals surface area (Å²) in [6.07, 6.45) is -3.02. The van der Waals surface area contributed by atoms with Gasteiger partial charge in [0.15, 0.2) is 0 Å². The van der Waals surface area contributed by atoms with Crippen molar-refractivity contribution in [3.8, 4) is 0 Å². The summed E-state index contributed by atoms with van der Waals surface area (Å²) in [6.45, 7) is 0.362. The minimum atomic E-state index is -4.75. The fraction of sp³-hybridized carbons (Fsp3) is 0.400. The van der Waals surface area contributed by atoms with E-state index in [2.05, 4.69) is 10.6 Å². The number of hydrogen-bond acceptors (Lipinski definition) is 5. The molecule has 6 nitrogen and oxygen atoms in total. The average molecular weight is 355 g/mol. The normalized spacial score (nSPS) is 17.8. The highest BCUT2D eigenvalue weighted by atomic mass is 19.4. The zero-order chi connectivity index (χ0) is 18.2. The Bertz CT molecular complexity index is 720. The third kappa shape index (κ3) is 4.08. The Morgan fingerprint density at radius 2 is 2.12 bits per heavy atom. The molecule has 10 heteroatoms. The van der Waals surface area contributed by atoms with Gasteiger partial charge in [-0.15, -0.1) is 0 Å². The molecule has 1 aliphatic heterocycles. The first-order chi connectivity index (χ1) is 11.8. The molecule has 0 aromatic heterocycles. The van der Waals surface area contributed by atoms with Crippen molar-refractivity contribution >= 4 is 24.2 Å². The maximum atomic E-state index is 13.1. The Hall–Kier alpha value is -2.20. The molecule has 134 valence electrons. The van der Waals surface area contributed by atoms with Crippen LogP contribution in [0, 0.1) is 5.92 Å². The second-order valence-electron chi connectivity index (χ2n) is 6.14. The van der Waals surface area contributed by atoms with E-state index in [1.165, 1.54) is 12.1 Å². The predicted molar refractivity (Wildman–Crippen MR) is 85.5 cm³/mol. The minimum absolute atomic E-state index is 0.130. The van der Waals surface area contributed by atoms with Gasteiger partial charge < -0.3 is 26.0 Å². The van der Waals surface area contributed by atoms with Gasteiger partial charge in [0.05, 0.1) is 6.61 Å². The quantitative estimate of drug-likeness (QED) is 0.458. The number of carbonyl (C=O) groups is 1. The van der Waals surface area contributed by atoms with Crippen LogP contribution in [0.2, 0.25) is 0 Å². The number of hydrogen-bond donors (Lipinski definition) is 4. The van der Waals surface area contributed by atoms with Crippen LogP contribution in [0.1, 0.15) is 18.4 Å². The van der Waals surface area contributed by atoms with Crippen molar-refractivity contribution in [1.82, 2.24) is 5.32 Å². The SMILES string of the molecule is N/C(C(=O)Nc1ccc2c(c1)B(O)OC2)=C(\NCC1CC1)C(F)(F)F. The molecule has 1 aromatic carbocycles. The van der Waals surface area contributed by atoms with E-state index >= 15 is 0 Å². The molecule has 0 atom stereocenters. The molecule has 1 aliphatic carbocycles. The molecule has 3 rings (SSSR count). The van der Waals surface area contributed by atoms with Crippen LogP contribution >= 0.6 is 0 Å². The Morgan fingerprint density at radius 3 is 2.76 bits per heavy atom. The molecule has 1 amide bonds. The van der Waals surface area contributed by atoms with Crippen molar-refractivity contribution in [3.63, 3.8) is 0 Å². The fourth-order valence-corrected chi connectivity index (χ4v) is 2.52. The van der Waals surface area contributed by atoms with Gasteiger partial charge in [0.2, 0.25) is 0 Å². The lowest BCUT2D eigenvalue weighted by molar-refractivity contribution is -0.115. The lowest BCUT2D eigenvalue weighted by Gasteiger charge is -2.17. The van der Waals surface area contributed by atoms with E-state index in [4.69, 9.17) is 10.4 Å². The van der Waals surface area contributed by atoms with Gasteiger partial charge in [-0.2, -0.15) is 13.2 Å². The van der Waals surface area contributed by atoms with Gasteiger partial charge >= 0.3 is 13.3 Å². The Balaban J connectivity index is 1.76.